The average molecular weight is 405 g/mol. The molecular weight excluding hydrogens is 368 g/mol. The Hall–Kier alpha value is -1.35. The Labute approximate surface area is 181 Å². The van der Waals surface area contributed by atoms with E-state index >= 15 is 0 Å². The van der Waals surface area contributed by atoms with Crippen LogP contribution in [0.4, 0.5) is 0 Å². The molecule has 0 radical (unpaired) electrons. The standard InChI is InChI=1S/C27H36N2O/c1-2-9-24-11-19-12-25(16-24,20-6-4-3-5-7-20)18-26(13-19,17-24)23(30)28-22-15-29-10-8-21-14-27(21,22)29/h3-7,19,21-22H,2,8-18H2,1H3,(H,28,30)/t19?,21?,22-,24+,25+,26?,27?/m0/s1. The van der Waals surface area contributed by atoms with Gasteiger partial charge in [0.25, 0.3) is 0 Å². The van der Waals surface area contributed by atoms with Gasteiger partial charge >= 0.3 is 0 Å². The minimum absolute atomic E-state index is 0.121. The van der Waals surface area contributed by atoms with Crippen molar-refractivity contribution in [2.75, 3.05) is 13.1 Å². The summed E-state index contributed by atoms with van der Waals surface area (Å²) in [5.74, 6) is 2.04. The number of amides is 1. The molecule has 2 aliphatic heterocycles. The van der Waals surface area contributed by atoms with Gasteiger partial charge in [-0.25, -0.2) is 0 Å². The van der Waals surface area contributed by atoms with E-state index < -0.39 is 0 Å². The van der Waals surface area contributed by atoms with E-state index in [0.29, 0.717) is 22.9 Å². The van der Waals surface area contributed by atoms with Crippen LogP contribution in [0.3, 0.4) is 0 Å². The van der Waals surface area contributed by atoms with Crippen LogP contribution in [0.25, 0.3) is 0 Å². The van der Waals surface area contributed by atoms with E-state index in [1.54, 1.807) is 0 Å². The number of piperidine rings is 1. The molecule has 1 amide bonds. The summed E-state index contributed by atoms with van der Waals surface area (Å²) in [6, 6.07) is 11.7. The van der Waals surface area contributed by atoms with Gasteiger partial charge in [0.15, 0.2) is 0 Å². The molecule has 1 aromatic rings. The minimum Gasteiger partial charge on any atom is -0.350 e. The SMILES string of the molecule is CCC[C@]12CC3CC(C(=O)N[C@H]4CN5CCC6CC645)(C1)C[C@@](c1ccccc1)(C3)C2. The van der Waals surface area contributed by atoms with E-state index in [0.717, 1.165) is 37.6 Å². The third kappa shape index (κ3) is 2.18. The predicted molar refractivity (Wildman–Crippen MR) is 118 cm³/mol. The monoisotopic (exact) mass is 404 g/mol. The second-order valence-electron chi connectivity index (χ2n) is 12.3. The molecule has 8 rings (SSSR count). The molecule has 3 heteroatoms. The number of hydrogen-bond acceptors (Lipinski definition) is 2. The van der Waals surface area contributed by atoms with Crippen LogP contribution >= 0.6 is 0 Å². The van der Waals surface area contributed by atoms with Gasteiger partial charge in [0.05, 0.1) is 11.5 Å². The number of hydrogen-bond donors (Lipinski definition) is 1. The second-order valence-corrected chi connectivity index (χ2v) is 12.3. The van der Waals surface area contributed by atoms with Gasteiger partial charge in [-0.15, -0.1) is 0 Å². The maximum atomic E-state index is 14.0. The Kier molecular flexibility index (Phi) is 3.47. The Morgan fingerprint density at radius 3 is 2.73 bits per heavy atom. The Balaban J connectivity index is 1.23. The molecule has 5 saturated carbocycles. The number of nitrogens with one attached hydrogen (secondary N) is 1. The molecule has 30 heavy (non-hydrogen) atoms. The summed E-state index contributed by atoms with van der Waals surface area (Å²) < 4.78 is 0. The molecule has 0 aromatic heterocycles. The van der Waals surface area contributed by atoms with E-state index in [1.165, 1.54) is 57.1 Å². The van der Waals surface area contributed by atoms with Gasteiger partial charge < -0.3 is 5.32 Å². The van der Waals surface area contributed by atoms with Crippen LogP contribution < -0.4 is 5.32 Å². The van der Waals surface area contributed by atoms with Crippen molar-refractivity contribution in [3.8, 4) is 0 Å². The third-order valence-electron chi connectivity index (χ3n) is 10.6. The van der Waals surface area contributed by atoms with E-state index in [1.807, 2.05) is 0 Å². The first-order chi connectivity index (χ1) is 14.5. The molecule has 4 unspecified atom stereocenters. The van der Waals surface area contributed by atoms with Crippen LogP contribution in [0, 0.1) is 22.7 Å². The maximum absolute atomic E-state index is 14.0. The molecule has 4 bridgehead atoms. The second kappa shape index (κ2) is 5.71. The van der Waals surface area contributed by atoms with Crippen molar-refractivity contribution >= 4 is 5.91 Å². The van der Waals surface area contributed by atoms with Gasteiger partial charge in [0.1, 0.15) is 0 Å². The average Bonchev–Trinajstić information content (AvgIpc) is 3.41. The highest BCUT2D eigenvalue weighted by molar-refractivity contribution is 5.84. The summed E-state index contributed by atoms with van der Waals surface area (Å²) in [5.41, 5.74) is 2.40. The molecule has 7 fully saturated rings. The highest BCUT2D eigenvalue weighted by atomic mass is 16.2. The van der Waals surface area contributed by atoms with Crippen molar-refractivity contribution in [1.29, 1.82) is 0 Å². The Morgan fingerprint density at radius 2 is 1.97 bits per heavy atom. The summed E-state index contributed by atoms with van der Waals surface area (Å²) in [4.78, 5) is 16.7. The molecule has 2 heterocycles. The fourth-order valence-corrected chi connectivity index (χ4v) is 10.1. The van der Waals surface area contributed by atoms with Crippen LogP contribution in [0.2, 0.25) is 0 Å². The largest absolute Gasteiger partial charge is 0.350 e. The smallest absolute Gasteiger partial charge is 0.226 e. The van der Waals surface area contributed by atoms with E-state index in [2.05, 4.69) is 47.5 Å². The first-order valence-electron chi connectivity index (χ1n) is 12.6. The molecule has 7 atom stereocenters. The Morgan fingerprint density at radius 1 is 1.10 bits per heavy atom. The quantitative estimate of drug-likeness (QED) is 0.774. The molecule has 1 aromatic carbocycles. The zero-order valence-electron chi connectivity index (χ0n) is 18.5. The number of carbonyl (C=O) groups excluding carboxylic acids is 1. The lowest BCUT2D eigenvalue weighted by Gasteiger charge is -2.66. The molecule has 160 valence electrons. The highest BCUT2D eigenvalue weighted by Crippen LogP contribution is 2.71. The maximum Gasteiger partial charge on any atom is 0.226 e. The van der Waals surface area contributed by atoms with Crippen molar-refractivity contribution in [2.24, 2.45) is 22.7 Å². The third-order valence-corrected chi connectivity index (χ3v) is 10.6. The van der Waals surface area contributed by atoms with Crippen LogP contribution in [0.1, 0.15) is 76.7 Å². The molecule has 1 spiro atoms. The van der Waals surface area contributed by atoms with Gasteiger partial charge in [-0.05, 0) is 92.6 Å². The normalized spacial score (nSPS) is 50.0. The zero-order chi connectivity index (χ0) is 20.2. The summed E-state index contributed by atoms with van der Waals surface area (Å²) in [7, 11) is 0. The lowest BCUT2D eigenvalue weighted by atomic mass is 9.37. The summed E-state index contributed by atoms with van der Waals surface area (Å²) in [6.07, 6.45) is 12.6. The zero-order valence-corrected chi connectivity index (χ0v) is 18.5. The van der Waals surface area contributed by atoms with Gasteiger partial charge in [-0.2, -0.15) is 0 Å². The van der Waals surface area contributed by atoms with Crippen LogP contribution in [-0.2, 0) is 10.2 Å². The van der Waals surface area contributed by atoms with Crippen molar-refractivity contribution in [1.82, 2.24) is 10.2 Å². The van der Waals surface area contributed by atoms with Gasteiger partial charge in [0, 0.05) is 12.1 Å². The van der Waals surface area contributed by atoms with Crippen molar-refractivity contribution < 1.29 is 4.79 Å². The van der Waals surface area contributed by atoms with E-state index in [-0.39, 0.29) is 10.8 Å². The Bertz CT molecular complexity index is 899. The van der Waals surface area contributed by atoms with E-state index in [9.17, 15) is 4.79 Å². The molecule has 7 aliphatic rings. The van der Waals surface area contributed by atoms with Crippen LogP contribution in [0.5, 0.6) is 0 Å². The van der Waals surface area contributed by atoms with Crippen LogP contribution in [-0.4, -0.2) is 35.5 Å². The molecule has 3 nitrogen and oxygen atoms in total. The van der Waals surface area contributed by atoms with Crippen LogP contribution in [0.15, 0.2) is 30.3 Å². The van der Waals surface area contributed by atoms with Gasteiger partial charge in [-0.1, -0.05) is 43.7 Å². The molecule has 1 N–H and O–H groups in total. The van der Waals surface area contributed by atoms with Gasteiger partial charge in [-0.3, -0.25) is 9.69 Å². The lowest BCUT2D eigenvalue weighted by molar-refractivity contribution is -0.166. The highest BCUT2D eigenvalue weighted by Gasteiger charge is 2.73. The lowest BCUT2D eigenvalue weighted by Crippen LogP contribution is -2.70. The number of nitrogens with zero attached hydrogens (tertiary/aromatic N) is 1. The minimum atomic E-state index is -0.121. The van der Waals surface area contributed by atoms with Crippen molar-refractivity contribution in [3.05, 3.63) is 35.9 Å². The fraction of sp³-hybridized carbons (Fsp3) is 0.741. The summed E-state index contributed by atoms with van der Waals surface area (Å²) in [6.45, 7) is 4.71. The number of carbonyl (C=O) groups is 1. The predicted octanol–water partition coefficient (Wildman–Crippen LogP) is 4.66. The number of rotatable bonds is 5. The summed E-state index contributed by atoms with van der Waals surface area (Å²) in [5, 5.41) is 3.67. The fourth-order valence-electron chi connectivity index (χ4n) is 10.1. The number of benzene rings is 1. The molecular formula is C27H36N2O. The van der Waals surface area contributed by atoms with Crippen molar-refractivity contribution in [3.63, 3.8) is 0 Å². The first-order valence-corrected chi connectivity index (χ1v) is 12.6. The topological polar surface area (TPSA) is 32.3 Å². The molecule has 5 aliphatic carbocycles. The molecule has 2 saturated heterocycles. The van der Waals surface area contributed by atoms with E-state index in [4.69, 9.17) is 0 Å². The summed E-state index contributed by atoms with van der Waals surface area (Å²) >= 11 is 0. The van der Waals surface area contributed by atoms with Crippen molar-refractivity contribution in [2.45, 2.75) is 88.1 Å². The first kappa shape index (κ1) is 18.2. The van der Waals surface area contributed by atoms with Gasteiger partial charge in [0.2, 0.25) is 5.91 Å².